The van der Waals surface area contributed by atoms with Gasteiger partial charge in [-0.15, -0.1) is 5.10 Å². The summed E-state index contributed by atoms with van der Waals surface area (Å²) in [5, 5.41) is 13.6. The van der Waals surface area contributed by atoms with Crippen molar-refractivity contribution in [1.29, 1.82) is 0 Å². The topological polar surface area (TPSA) is 134 Å². The molecule has 6 rings (SSSR count). The standard InChI is InChI=1S/C24H26N8O3/c1-23(2)14(12-33)11-26-17-9-15(3-4-16(17)23)27-22-29-20-19(25-6-8-32(20)30-22)31-7-5-24(13-31)10-18(34)28-21(24)35/h3-4,6,8-9,12,14,26H,5,7,10-11,13H2,1-2H3,(H,27,30)(H,28,34,35)/t14?,24-/m0/s1. The molecule has 2 saturated heterocycles. The highest BCUT2D eigenvalue weighted by Crippen LogP contribution is 2.41. The van der Waals surface area contributed by atoms with Gasteiger partial charge in [-0.25, -0.2) is 9.50 Å². The van der Waals surface area contributed by atoms with Crippen LogP contribution in [0.3, 0.4) is 0 Å². The molecule has 2 aromatic heterocycles. The average molecular weight is 475 g/mol. The summed E-state index contributed by atoms with van der Waals surface area (Å²) >= 11 is 0. The summed E-state index contributed by atoms with van der Waals surface area (Å²) in [6.45, 7) is 5.79. The van der Waals surface area contributed by atoms with Gasteiger partial charge in [0.05, 0.1) is 5.41 Å². The fraction of sp³-hybridized carbons (Fsp3) is 0.417. The Morgan fingerprint density at radius 1 is 1.26 bits per heavy atom. The molecule has 2 atom stereocenters. The number of aldehydes is 1. The van der Waals surface area contributed by atoms with Crippen LogP contribution in [0.15, 0.2) is 30.6 Å². The van der Waals surface area contributed by atoms with E-state index in [9.17, 15) is 14.4 Å². The third-order valence-corrected chi connectivity index (χ3v) is 7.70. The van der Waals surface area contributed by atoms with Gasteiger partial charge >= 0.3 is 0 Å². The van der Waals surface area contributed by atoms with Crippen LogP contribution in [0.25, 0.3) is 5.65 Å². The van der Waals surface area contributed by atoms with Crippen LogP contribution in [0.2, 0.25) is 0 Å². The number of carbonyl (C=O) groups excluding carboxylic acids is 3. The Balaban J connectivity index is 1.27. The minimum Gasteiger partial charge on any atom is -0.384 e. The zero-order valence-electron chi connectivity index (χ0n) is 19.5. The number of amides is 2. The first-order valence-electron chi connectivity index (χ1n) is 11.7. The minimum atomic E-state index is -0.695. The molecule has 2 fully saturated rings. The Kier molecular flexibility index (Phi) is 4.60. The second-order valence-corrected chi connectivity index (χ2v) is 10.2. The summed E-state index contributed by atoms with van der Waals surface area (Å²) in [4.78, 5) is 46.8. The molecular weight excluding hydrogens is 448 g/mol. The van der Waals surface area contributed by atoms with Gasteiger partial charge in [-0.2, -0.15) is 4.98 Å². The van der Waals surface area contributed by atoms with Gasteiger partial charge in [-0.3, -0.25) is 14.9 Å². The van der Waals surface area contributed by atoms with Crippen molar-refractivity contribution in [2.75, 3.05) is 35.2 Å². The molecular formula is C24H26N8O3. The normalized spacial score (nSPS) is 25.0. The van der Waals surface area contributed by atoms with Gasteiger partial charge in [0.15, 0.2) is 11.5 Å². The van der Waals surface area contributed by atoms with Gasteiger partial charge in [0.1, 0.15) is 6.29 Å². The first-order chi connectivity index (χ1) is 16.8. The summed E-state index contributed by atoms with van der Waals surface area (Å²) in [7, 11) is 0. The van der Waals surface area contributed by atoms with Crippen molar-refractivity contribution in [2.45, 2.75) is 32.1 Å². The van der Waals surface area contributed by atoms with E-state index in [4.69, 9.17) is 0 Å². The van der Waals surface area contributed by atoms with Gasteiger partial charge in [0.2, 0.25) is 17.8 Å². The number of fused-ring (bicyclic) bond motifs is 2. The van der Waals surface area contributed by atoms with Gasteiger partial charge < -0.3 is 20.3 Å². The van der Waals surface area contributed by atoms with Crippen molar-refractivity contribution in [3.63, 3.8) is 0 Å². The Bertz CT molecular complexity index is 1380. The van der Waals surface area contributed by atoms with Crippen LogP contribution in [-0.4, -0.2) is 57.3 Å². The van der Waals surface area contributed by atoms with Crippen LogP contribution in [0.1, 0.15) is 32.3 Å². The molecule has 180 valence electrons. The number of anilines is 4. The summed E-state index contributed by atoms with van der Waals surface area (Å²) < 4.78 is 1.66. The van der Waals surface area contributed by atoms with E-state index < -0.39 is 5.41 Å². The van der Waals surface area contributed by atoms with Crippen molar-refractivity contribution in [3.8, 4) is 0 Å². The van der Waals surface area contributed by atoms with Crippen LogP contribution < -0.4 is 20.9 Å². The zero-order chi connectivity index (χ0) is 24.4. The second-order valence-electron chi connectivity index (χ2n) is 10.2. The van der Waals surface area contributed by atoms with E-state index in [1.54, 1.807) is 16.9 Å². The Hall–Kier alpha value is -4.02. The lowest BCUT2D eigenvalue weighted by atomic mass is 9.71. The Morgan fingerprint density at radius 2 is 2.11 bits per heavy atom. The van der Waals surface area contributed by atoms with Crippen molar-refractivity contribution in [2.24, 2.45) is 11.3 Å². The maximum atomic E-state index is 12.4. The van der Waals surface area contributed by atoms with E-state index in [-0.39, 0.29) is 29.6 Å². The molecule has 3 aromatic rings. The van der Waals surface area contributed by atoms with Gasteiger partial charge in [0, 0.05) is 61.2 Å². The minimum absolute atomic E-state index is 0.0852. The monoisotopic (exact) mass is 474 g/mol. The SMILES string of the molecule is CC1(C)c2ccc(Nc3nc4c(N5CC[C@]6(CC(=O)NC6=O)C5)nccn4n3)cc2NCC1C=O. The van der Waals surface area contributed by atoms with Crippen LogP contribution in [0.5, 0.6) is 0 Å². The summed E-state index contributed by atoms with van der Waals surface area (Å²) in [5.74, 6) is 0.539. The zero-order valence-corrected chi connectivity index (χ0v) is 19.5. The lowest BCUT2D eigenvalue weighted by molar-refractivity contribution is -0.128. The number of rotatable bonds is 4. The molecule has 0 aliphatic carbocycles. The quantitative estimate of drug-likeness (QED) is 0.381. The van der Waals surface area contributed by atoms with Gasteiger partial charge in [-0.1, -0.05) is 19.9 Å². The lowest BCUT2D eigenvalue weighted by Gasteiger charge is -2.38. The molecule has 3 aliphatic rings. The molecule has 3 N–H and O–H groups in total. The van der Waals surface area contributed by atoms with Crippen LogP contribution in [0.4, 0.5) is 23.1 Å². The Labute approximate surface area is 201 Å². The van der Waals surface area contributed by atoms with E-state index in [1.165, 1.54) is 0 Å². The highest BCUT2D eigenvalue weighted by molar-refractivity contribution is 6.06. The number of aromatic nitrogens is 4. The van der Waals surface area contributed by atoms with E-state index >= 15 is 0 Å². The molecule has 3 aliphatic heterocycles. The van der Waals surface area contributed by atoms with E-state index in [1.807, 2.05) is 23.1 Å². The predicted octanol–water partition coefficient (Wildman–Crippen LogP) is 1.63. The molecule has 1 aromatic carbocycles. The smallest absolute Gasteiger partial charge is 0.247 e. The van der Waals surface area contributed by atoms with Crippen LogP contribution >= 0.6 is 0 Å². The summed E-state index contributed by atoms with van der Waals surface area (Å²) in [6.07, 6.45) is 5.20. The molecule has 1 spiro atoms. The van der Waals surface area contributed by atoms with Crippen LogP contribution in [-0.2, 0) is 19.8 Å². The molecule has 35 heavy (non-hydrogen) atoms. The first-order valence-corrected chi connectivity index (χ1v) is 11.7. The maximum absolute atomic E-state index is 12.4. The second kappa shape index (κ2) is 7.49. The summed E-state index contributed by atoms with van der Waals surface area (Å²) in [6, 6.07) is 5.99. The molecule has 11 nitrogen and oxygen atoms in total. The average Bonchev–Trinajstić information content (AvgIpc) is 3.50. The fourth-order valence-corrected chi connectivity index (χ4v) is 5.51. The molecule has 0 bridgehead atoms. The molecule has 2 amide bonds. The van der Waals surface area contributed by atoms with E-state index in [0.29, 0.717) is 43.5 Å². The van der Waals surface area contributed by atoms with E-state index in [0.717, 1.165) is 23.2 Å². The number of carbonyl (C=O) groups is 3. The Morgan fingerprint density at radius 3 is 2.89 bits per heavy atom. The highest BCUT2D eigenvalue weighted by atomic mass is 16.2. The lowest BCUT2D eigenvalue weighted by Crippen LogP contribution is -2.39. The summed E-state index contributed by atoms with van der Waals surface area (Å²) in [5.41, 5.74) is 2.52. The maximum Gasteiger partial charge on any atom is 0.247 e. The number of benzene rings is 1. The number of nitrogens with one attached hydrogen (secondary N) is 3. The first kappa shape index (κ1) is 21.5. The van der Waals surface area contributed by atoms with Crippen molar-refractivity contribution in [1.82, 2.24) is 24.9 Å². The predicted molar refractivity (Wildman–Crippen MR) is 129 cm³/mol. The van der Waals surface area contributed by atoms with Crippen LogP contribution in [0, 0.1) is 11.3 Å². The number of nitrogens with zero attached hydrogens (tertiary/aromatic N) is 5. The number of hydrogen-bond donors (Lipinski definition) is 3. The van der Waals surface area contributed by atoms with Crippen molar-refractivity contribution < 1.29 is 14.4 Å². The molecule has 1 unspecified atom stereocenters. The molecule has 0 radical (unpaired) electrons. The van der Waals surface area contributed by atoms with Crippen molar-refractivity contribution in [3.05, 3.63) is 36.2 Å². The van der Waals surface area contributed by atoms with E-state index in [2.05, 4.69) is 44.9 Å². The van der Waals surface area contributed by atoms with Gasteiger partial charge in [-0.05, 0) is 24.1 Å². The largest absolute Gasteiger partial charge is 0.384 e. The fourth-order valence-electron chi connectivity index (χ4n) is 5.51. The number of hydrogen-bond acceptors (Lipinski definition) is 9. The van der Waals surface area contributed by atoms with Gasteiger partial charge in [0.25, 0.3) is 0 Å². The molecule has 11 heteroatoms. The third-order valence-electron chi connectivity index (χ3n) is 7.70. The van der Waals surface area contributed by atoms with Crippen molar-refractivity contribution >= 4 is 46.9 Å². The molecule has 0 saturated carbocycles. The number of imide groups is 1. The molecule has 5 heterocycles. The third kappa shape index (κ3) is 3.33. The highest BCUT2D eigenvalue weighted by Gasteiger charge is 2.51.